The van der Waals surface area contributed by atoms with Crippen molar-refractivity contribution in [2.45, 2.75) is 0 Å². The van der Waals surface area contributed by atoms with Crippen LogP contribution in [0, 0.1) is 0 Å². The summed E-state index contributed by atoms with van der Waals surface area (Å²) >= 11 is 1.32. The molecule has 4 aromatic rings. The molecule has 0 fully saturated rings. The van der Waals surface area contributed by atoms with Crippen LogP contribution in [0.1, 0.15) is 0 Å². The number of hydrogen-bond donors (Lipinski definition) is 2. The fourth-order valence-electron chi connectivity index (χ4n) is 2.33. The van der Waals surface area contributed by atoms with Gasteiger partial charge in [0.25, 0.3) is 5.56 Å². The molecule has 0 aliphatic heterocycles. The van der Waals surface area contributed by atoms with Crippen molar-refractivity contribution in [3.05, 3.63) is 63.3 Å². The van der Waals surface area contributed by atoms with Crippen molar-refractivity contribution in [2.75, 3.05) is 0 Å². The number of hydrogen-bond acceptors (Lipinski definition) is 4. The van der Waals surface area contributed by atoms with Gasteiger partial charge >= 0.3 is 5.69 Å². The molecule has 21 heavy (non-hydrogen) atoms. The Morgan fingerprint density at radius 3 is 2.57 bits per heavy atom. The molecule has 5 nitrogen and oxygen atoms in total. The number of nitrogens with one attached hydrogen (secondary N) is 2. The summed E-state index contributed by atoms with van der Waals surface area (Å²) in [6, 6.07) is 13.6. The molecular weight excluding hydrogens is 286 g/mol. The first-order chi connectivity index (χ1) is 10.2. The Morgan fingerprint density at radius 2 is 1.76 bits per heavy atom. The lowest BCUT2D eigenvalue weighted by Gasteiger charge is -2.00. The predicted molar refractivity (Wildman–Crippen MR) is 83.8 cm³/mol. The minimum atomic E-state index is -0.515. The number of pyridine rings is 1. The van der Waals surface area contributed by atoms with Gasteiger partial charge in [-0.2, -0.15) is 0 Å². The van der Waals surface area contributed by atoms with Crippen LogP contribution in [0.15, 0.2) is 52.1 Å². The first-order valence-corrected chi connectivity index (χ1v) is 7.15. The maximum atomic E-state index is 11.8. The van der Waals surface area contributed by atoms with E-state index in [-0.39, 0.29) is 5.56 Å². The van der Waals surface area contributed by atoms with Crippen molar-refractivity contribution >= 4 is 31.8 Å². The Hall–Kier alpha value is -2.73. The molecule has 0 amide bonds. The van der Waals surface area contributed by atoms with Gasteiger partial charge in [-0.3, -0.25) is 9.78 Å². The van der Waals surface area contributed by atoms with E-state index in [1.807, 2.05) is 42.5 Å². The fourth-order valence-corrected chi connectivity index (χ4v) is 3.32. The average Bonchev–Trinajstić information content (AvgIpc) is 2.86. The minimum absolute atomic E-state index is 0.377. The van der Waals surface area contributed by atoms with E-state index in [0.717, 1.165) is 16.0 Å². The highest BCUT2D eigenvalue weighted by Gasteiger charge is 2.11. The molecule has 0 atom stereocenters. The van der Waals surface area contributed by atoms with Crippen molar-refractivity contribution in [1.29, 1.82) is 0 Å². The third-order valence-electron chi connectivity index (χ3n) is 3.28. The maximum absolute atomic E-state index is 11.8. The second-order valence-electron chi connectivity index (χ2n) is 4.62. The van der Waals surface area contributed by atoms with Crippen LogP contribution in [0.25, 0.3) is 31.7 Å². The lowest BCUT2D eigenvalue weighted by atomic mass is 10.1. The Kier molecular flexibility index (Phi) is 2.52. The summed E-state index contributed by atoms with van der Waals surface area (Å²) in [6.07, 6.45) is 0. The molecule has 0 bridgehead atoms. The van der Waals surface area contributed by atoms with E-state index in [9.17, 15) is 9.59 Å². The highest BCUT2D eigenvalue weighted by atomic mass is 32.1. The zero-order valence-electron chi connectivity index (χ0n) is 10.7. The zero-order valence-corrected chi connectivity index (χ0v) is 11.5. The standard InChI is InChI=1S/C15H9N3O2S/c19-14-13-12(17-15(20)18-14)11-10(21-13)7-6-9(16-11)8-4-2-1-3-5-8/h1-7H,(H2,17,18,19,20). The fraction of sp³-hybridized carbons (Fsp3) is 0. The van der Waals surface area contributed by atoms with Gasteiger partial charge in [-0.1, -0.05) is 30.3 Å². The van der Waals surface area contributed by atoms with Crippen LogP contribution in [0.4, 0.5) is 0 Å². The van der Waals surface area contributed by atoms with Crippen LogP contribution in [-0.4, -0.2) is 15.0 Å². The van der Waals surface area contributed by atoms with E-state index in [0.29, 0.717) is 15.7 Å². The Labute approximate surface area is 121 Å². The van der Waals surface area contributed by atoms with Gasteiger partial charge in [0.15, 0.2) is 0 Å². The summed E-state index contributed by atoms with van der Waals surface area (Å²) < 4.78 is 1.36. The molecular formula is C15H9N3O2S. The molecule has 0 saturated heterocycles. The number of aromatic nitrogens is 3. The number of benzene rings is 1. The van der Waals surface area contributed by atoms with E-state index in [1.54, 1.807) is 0 Å². The van der Waals surface area contributed by atoms with Crippen LogP contribution >= 0.6 is 11.3 Å². The van der Waals surface area contributed by atoms with Gasteiger partial charge < -0.3 is 4.98 Å². The van der Waals surface area contributed by atoms with Gasteiger partial charge in [0, 0.05) is 5.56 Å². The Bertz CT molecular complexity index is 1080. The number of thiophene rings is 1. The van der Waals surface area contributed by atoms with E-state index in [2.05, 4.69) is 15.0 Å². The lowest BCUT2D eigenvalue weighted by Crippen LogP contribution is -2.20. The van der Waals surface area contributed by atoms with E-state index >= 15 is 0 Å². The molecule has 102 valence electrons. The molecule has 1 aromatic carbocycles. The monoisotopic (exact) mass is 295 g/mol. The van der Waals surface area contributed by atoms with Gasteiger partial charge in [0.1, 0.15) is 10.2 Å². The average molecular weight is 295 g/mol. The van der Waals surface area contributed by atoms with Crippen LogP contribution < -0.4 is 11.2 Å². The van der Waals surface area contributed by atoms with Crippen molar-refractivity contribution in [1.82, 2.24) is 15.0 Å². The predicted octanol–water partition coefficient (Wildman–Crippen LogP) is 2.49. The molecule has 2 N–H and O–H groups in total. The summed E-state index contributed by atoms with van der Waals surface area (Å²) in [7, 11) is 0. The largest absolute Gasteiger partial charge is 0.326 e. The SMILES string of the molecule is O=c1[nH]c(=O)c2sc3ccc(-c4ccccc4)nc3c2[nH]1. The third-order valence-corrected chi connectivity index (χ3v) is 4.42. The van der Waals surface area contributed by atoms with Gasteiger partial charge in [-0.25, -0.2) is 9.78 Å². The van der Waals surface area contributed by atoms with Crippen molar-refractivity contribution in [2.24, 2.45) is 0 Å². The van der Waals surface area contributed by atoms with Gasteiger partial charge in [0.2, 0.25) is 0 Å². The molecule has 0 aliphatic rings. The molecule has 0 radical (unpaired) electrons. The Morgan fingerprint density at radius 1 is 0.952 bits per heavy atom. The van der Waals surface area contributed by atoms with E-state index < -0.39 is 5.69 Å². The number of H-pyrrole nitrogens is 2. The van der Waals surface area contributed by atoms with Crippen molar-refractivity contribution < 1.29 is 0 Å². The number of fused-ring (bicyclic) bond motifs is 3. The topological polar surface area (TPSA) is 78.6 Å². The summed E-state index contributed by atoms with van der Waals surface area (Å²) in [5, 5.41) is 0. The van der Waals surface area contributed by atoms with Crippen molar-refractivity contribution in [3.63, 3.8) is 0 Å². The number of nitrogens with zero attached hydrogens (tertiary/aromatic N) is 1. The molecule has 6 heteroatoms. The highest BCUT2D eigenvalue weighted by molar-refractivity contribution is 7.25. The molecule has 0 unspecified atom stereocenters. The zero-order chi connectivity index (χ0) is 14.4. The second kappa shape index (κ2) is 4.39. The minimum Gasteiger partial charge on any atom is -0.304 e. The normalized spacial score (nSPS) is 11.2. The first kappa shape index (κ1) is 12.0. The molecule has 0 saturated carbocycles. The molecule has 3 aromatic heterocycles. The van der Waals surface area contributed by atoms with Gasteiger partial charge in [-0.05, 0) is 12.1 Å². The quantitative estimate of drug-likeness (QED) is 0.566. The van der Waals surface area contributed by atoms with E-state index in [1.165, 1.54) is 11.3 Å². The molecule has 0 aliphatic carbocycles. The molecule has 4 rings (SSSR count). The van der Waals surface area contributed by atoms with Crippen molar-refractivity contribution in [3.8, 4) is 11.3 Å². The number of aromatic amines is 2. The van der Waals surface area contributed by atoms with Crippen LogP contribution in [0.5, 0.6) is 0 Å². The lowest BCUT2D eigenvalue weighted by molar-refractivity contribution is 1.09. The number of rotatable bonds is 1. The third kappa shape index (κ3) is 1.88. The van der Waals surface area contributed by atoms with Crippen LogP contribution in [-0.2, 0) is 0 Å². The van der Waals surface area contributed by atoms with Gasteiger partial charge in [-0.15, -0.1) is 11.3 Å². The second-order valence-corrected chi connectivity index (χ2v) is 5.68. The van der Waals surface area contributed by atoms with Gasteiger partial charge in [0.05, 0.1) is 15.9 Å². The molecule has 3 heterocycles. The smallest absolute Gasteiger partial charge is 0.304 e. The summed E-state index contributed by atoms with van der Waals surface area (Å²) in [6.45, 7) is 0. The summed E-state index contributed by atoms with van der Waals surface area (Å²) in [4.78, 5) is 32.8. The first-order valence-electron chi connectivity index (χ1n) is 6.34. The Balaban J connectivity index is 2.09. The maximum Gasteiger partial charge on any atom is 0.326 e. The highest BCUT2D eigenvalue weighted by Crippen LogP contribution is 2.30. The van der Waals surface area contributed by atoms with Crippen LogP contribution in [0.2, 0.25) is 0 Å². The molecule has 0 spiro atoms. The van der Waals surface area contributed by atoms with E-state index in [4.69, 9.17) is 0 Å². The summed E-state index contributed by atoms with van der Waals surface area (Å²) in [5.41, 5.74) is 2.06. The summed E-state index contributed by atoms with van der Waals surface area (Å²) in [5.74, 6) is 0. The van der Waals surface area contributed by atoms with Crippen LogP contribution in [0.3, 0.4) is 0 Å².